The van der Waals surface area contributed by atoms with Crippen molar-refractivity contribution in [2.24, 2.45) is 0 Å². The van der Waals surface area contributed by atoms with E-state index in [2.05, 4.69) is 20.0 Å². The number of hydrogen-bond acceptors (Lipinski definition) is 6. The van der Waals surface area contributed by atoms with E-state index in [0.29, 0.717) is 35.3 Å². The summed E-state index contributed by atoms with van der Waals surface area (Å²) in [5.74, 6) is 1.51. The second-order valence-electron chi connectivity index (χ2n) is 8.79. The van der Waals surface area contributed by atoms with Gasteiger partial charge in [0.25, 0.3) is 0 Å². The summed E-state index contributed by atoms with van der Waals surface area (Å²) in [6, 6.07) is 26.7. The molecule has 0 aliphatic rings. The van der Waals surface area contributed by atoms with E-state index < -0.39 is 10.0 Å². The number of phenols is 1. The predicted molar refractivity (Wildman–Crippen MR) is 154 cm³/mol. The third-order valence-electron chi connectivity index (χ3n) is 5.99. The van der Waals surface area contributed by atoms with Gasteiger partial charge in [-0.3, -0.25) is 0 Å². The molecule has 0 radical (unpaired) electrons. The van der Waals surface area contributed by atoms with Gasteiger partial charge in [-0.1, -0.05) is 54.1 Å². The van der Waals surface area contributed by atoms with E-state index in [0.717, 1.165) is 22.4 Å². The predicted octanol–water partition coefficient (Wildman–Crippen LogP) is 5.95. The summed E-state index contributed by atoms with van der Waals surface area (Å²) in [6.07, 6.45) is 2.26. The summed E-state index contributed by atoms with van der Waals surface area (Å²) in [4.78, 5) is 12.9. The van der Waals surface area contributed by atoms with Gasteiger partial charge in [0.15, 0.2) is 0 Å². The molecule has 2 aromatic heterocycles. The molecule has 39 heavy (non-hydrogen) atoms. The Morgan fingerprint density at radius 3 is 2.38 bits per heavy atom. The summed E-state index contributed by atoms with van der Waals surface area (Å²) >= 11 is 5.85. The number of aromatic hydroxyl groups is 1. The zero-order valence-corrected chi connectivity index (χ0v) is 22.4. The van der Waals surface area contributed by atoms with Crippen LogP contribution < -0.4 is 10.0 Å². The van der Waals surface area contributed by atoms with Crippen molar-refractivity contribution in [3.05, 3.63) is 102 Å². The highest BCUT2D eigenvalue weighted by molar-refractivity contribution is 7.89. The molecule has 4 N–H and O–H groups in total. The summed E-state index contributed by atoms with van der Waals surface area (Å²) < 4.78 is 27.5. The number of halogens is 1. The highest BCUT2D eigenvalue weighted by Gasteiger charge is 2.17. The number of H-pyrrole nitrogens is 1. The van der Waals surface area contributed by atoms with Crippen LogP contribution in [0.15, 0.2) is 102 Å². The Kier molecular flexibility index (Phi) is 7.92. The van der Waals surface area contributed by atoms with Crippen molar-refractivity contribution in [3.63, 3.8) is 0 Å². The Bertz CT molecular complexity index is 1670. The third kappa shape index (κ3) is 6.46. The van der Waals surface area contributed by atoms with E-state index in [1.165, 1.54) is 12.1 Å². The first-order valence-electron chi connectivity index (χ1n) is 12.3. The molecular weight excluding hydrogens is 534 g/mol. The van der Waals surface area contributed by atoms with Gasteiger partial charge < -0.3 is 15.4 Å². The number of imidazole rings is 1. The zero-order chi connectivity index (χ0) is 27.2. The van der Waals surface area contributed by atoms with Crippen molar-refractivity contribution in [3.8, 4) is 39.7 Å². The van der Waals surface area contributed by atoms with Gasteiger partial charge in [0, 0.05) is 41.0 Å². The van der Waals surface area contributed by atoms with Gasteiger partial charge >= 0.3 is 0 Å². The average Bonchev–Trinajstić information content (AvgIpc) is 3.40. The van der Waals surface area contributed by atoms with Gasteiger partial charge in [-0.15, -0.1) is 0 Å². The van der Waals surface area contributed by atoms with Crippen LogP contribution in [0, 0.1) is 0 Å². The van der Waals surface area contributed by atoms with Gasteiger partial charge in [0.2, 0.25) is 10.0 Å². The number of phenolic OH excluding ortho intramolecular Hbond substituents is 1. The molecule has 0 bridgehead atoms. The standard InChI is InChI=1S/C29H26ClN5O3S/c30-23-10-12-25(13-11-23)39(37,38)33-16-5-15-31-26-19-22(14-17-32-26)28-27(21-8-4-9-24(36)18-21)34-29(35-28)20-6-2-1-3-7-20/h1-4,6-14,17-19,33,36H,5,15-16H2,(H,31,32)(H,34,35). The normalized spacial score (nSPS) is 11.4. The summed E-state index contributed by atoms with van der Waals surface area (Å²) in [5, 5.41) is 13.8. The maximum Gasteiger partial charge on any atom is 0.240 e. The lowest BCUT2D eigenvalue weighted by molar-refractivity contribution is 0.475. The number of sulfonamides is 1. The maximum absolute atomic E-state index is 12.4. The summed E-state index contributed by atoms with van der Waals surface area (Å²) in [6.45, 7) is 0.775. The fourth-order valence-electron chi connectivity index (χ4n) is 4.07. The van der Waals surface area contributed by atoms with E-state index >= 15 is 0 Å². The molecule has 8 nitrogen and oxygen atoms in total. The topological polar surface area (TPSA) is 120 Å². The lowest BCUT2D eigenvalue weighted by Gasteiger charge is -2.09. The largest absolute Gasteiger partial charge is 0.508 e. The van der Waals surface area contributed by atoms with Crippen LogP contribution in [0.2, 0.25) is 5.02 Å². The van der Waals surface area contributed by atoms with Gasteiger partial charge in [-0.2, -0.15) is 0 Å². The molecule has 0 amide bonds. The zero-order valence-electron chi connectivity index (χ0n) is 20.8. The van der Waals surface area contributed by atoms with Crippen molar-refractivity contribution in [2.75, 3.05) is 18.4 Å². The van der Waals surface area contributed by atoms with Gasteiger partial charge in [0.05, 0.1) is 16.3 Å². The van der Waals surface area contributed by atoms with Crippen molar-refractivity contribution in [2.45, 2.75) is 11.3 Å². The highest BCUT2D eigenvalue weighted by atomic mass is 35.5. The van der Waals surface area contributed by atoms with E-state index in [-0.39, 0.29) is 17.2 Å². The molecule has 0 unspecified atom stereocenters. The second kappa shape index (κ2) is 11.7. The molecule has 5 rings (SSSR count). The van der Waals surface area contributed by atoms with Crippen LogP contribution in [-0.2, 0) is 10.0 Å². The minimum Gasteiger partial charge on any atom is -0.508 e. The minimum absolute atomic E-state index is 0.159. The molecular formula is C29H26ClN5O3S. The molecule has 10 heteroatoms. The van der Waals surface area contributed by atoms with Crippen LogP contribution in [0.4, 0.5) is 5.82 Å². The summed E-state index contributed by atoms with van der Waals surface area (Å²) in [5.41, 5.74) is 4.09. The Balaban J connectivity index is 1.30. The van der Waals surface area contributed by atoms with Crippen LogP contribution in [-0.4, -0.2) is 41.6 Å². The Morgan fingerprint density at radius 1 is 0.846 bits per heavy atom. The van der Waals surface area contributed by atoms with E-state index in [1.807, 2.05) is 48.5 Å². The van der Waals surface area contributed by atoms with Crippen molar-refractivity contribution in [1.29, 1.82) is 0 Å². The fourth-order valence-corrected chi connectivity index (χ4v) is 5.27. The van der Waals surface area contributed by atoms with Crippen LogP contribution >= 0.6 is 11.6 Å². The maximum atomic E-state index is 12.4. The SMILES string of the molecule is O=S(=O)(NCCCNc1cc(-c2[nH]c(-c3ccccc3)nc2-c2cccc(O)c2)ccn1)c1ccc(Cl)cc1. The molecule has 2 heterocycles. The molecule has 0 saturated heterocycles. The first kappa shape index (κ1) is 26.4. The number of hydrogen-bond donors (Lipinski definition) is 4. The second-order valence-corrected chi connectivity index (χ2v) is 11.0. The van der Waals surface area contributed by atoms with Crippen LogP contribution in [0.25, 0.3) is 33.9 Å². The Labute approximate surface area is 231 Å². The highest BCUT2D eigenvalue weighted by Crippen LogP contribution is 2.34. The molecule has 198 valence electrons. The number of nitrogens with one attached hydrogen (secondary N) is 3. The van der Waals surface area contributed by atoms with E-state index in [4.69, 9.17) is 16.6 Å². The number of rotatable bonds is 10. The number of nitrogens with zero attached hydrogens (tertiary/aromatic N) is 2. The molecule has 0 saturated carbocycles. The van der Waals surface area contributed by atoms with Crippen molar-refractivity contribution in [1.82, 2.24) is 19.7 Å². The molecule has 0 aliphatic heterocycles. The van der Waals surface area contributed by atoms with Crippen LogP contribution in [0.1, 0.15) is 6.42 Å². The molecule has 0 aliphatic carbocycles. The number of aromatic amines is 1. The van der Waals surface area contributed by atoms with Crippen molar-refractivity contribution < 1.29 is 13.5 Å². The molecule has 0 spiro atoms. The Morgan fingerprint density at radius 2 is 1.62 bits per heavy atom. The lowest BCUT2D eigenvalue weighted by Crippen LogP contribution is -2.26. The number of aromatic nitrogens is 3. The first-order chi connectivity index (χ1) is 18.9. The lowest BCUT2D eigenvalue weighted by atomic mass is 10.1. The number of pyridine rings is 1. The van der Waals surface area contributed by atoms with Gasteiger partial charge in [-0.25, -0.2) is 23.1 Å². The average molecular weight is 560 g/mol. The van der Waals surface area contributed by atoms with Gasteiger partial charge in [-0.05, 0) is 55.0 Å². The first-order valence-corrected chi connectivity index (χ1v) is 14.2. The fraction of sp³-hybridized carbons (Fsp3) is 0.103. The van der Waals surface area contributed by atoms with Crippen molar-refractivity contribution >= 4 is 27.4 Å². The van der Waals surface area contributed by atoms with Crippen LogP contribution in [0.3, 0.4) is 0 Å². The Hall–Kier alpha value is -4.18. The molecule has 3 aromatic carbocycles. The van der Waals surface area contributed by atoms with Gasteiger partial charge in [0.1, 0.15) is 17.4 Å². The van der Waals surface area contributed by atoms with E-state index in [1.54, 1.807) is 36.5 Å². The third-order valence-corrected chi connectivity index (χ3v) is 7.72. The van der Waals surface area contributed by atoms with Crippen LogP contribution in [0.5, 0.6) is 5.75 Å². The monoisotopic (exact) mass is 559 g/mol. The minimum atomic E-state index is -3.60. The summed E-state index contributed by atoms with van der Waals surface area (Å²) in [7, 11) is -3.60. The molecule has 0 fully saturated rings. The number of anilines is 1. The smallest absolute Gasteiger partial charge is 0.240 e. The van der Waals surface area contributed by atoms with E-state index in [9.17, 15) is 13.5 Å². The quantitative estimate of drug-likeness (QED) is 0.157. The molecule has 5 aromatic rings. The number of benzene rings is 3. The molecule has 0 atom stereocenters.